The van der Waals surface area contributed by atoms with Crippen molar-refractivity contribution in [1.82, 2.24) is 23.6 Å². The van der Waals surface area contributed by atoms with Crippen molar-refractivity contribution in [3.63, 3.8) is 0 Å². The van der Waals surface area contributed by atoms with Gasteiger partial charge in [-0.05, 0) is 43.9 Å². The van der Waals surface area contributed by atoms with Gasteiger partial charge in [0.1, 0.15) is 5.75 Å². The Balaban J connectivity index is 1.88. The topological polar surface area (TPSA) is 74.3 Å². The van der Waals surface area contributed by atoms with Crippen LogP contribution in [0.4, 0.5) is 13.2 Å². The first-order valence-electron chi connectivity index (χ1n) is 11.4. The largest absolute Gasteiger partial charge is 0.573 e. The molecular formula is C24H24BClF3N5O3. The van der Waals surface area contributed by atoms with Crippen molar-refractivity contribution in [2.24, 2.45) is 7.05 Å². The van der Waals surface area contributed by atoms with E-state index in [0.717, 1.165) is 10.1 Å². The number of alkyl halides is 3. The summed E-state index contributed by atoms with van der Waals surface area (Å²) < 4.78 is 46.5. The van der Waals surface area contributed by atoms with Crippen LogP contribution in [-0.4, -0.2) is 57.9 Å². The van der Waals surface area contributed by atoms with Gasteiger partial charge in [-0.25, -0.2) is 9.78 Å². The first-order chi connectivity index (χ1) is 17.4. The lowest BCUT2D eigenvalue weighted by Gasteiger charge is -2.13. The summed E-state index contributed by atoms with van der Waals surface area (Å²) in [7, 11) is 5.24. The smallest absolute Gasteiger partial charge is 0.406 e. The van der Waals surface area contributed by atoms with Crippen LogP contribution in [0.2, 0.25) is 5.02 Å². The van der Waals surface area contributed by atoms with Crippen molar-refractivity contribution >= 4 is 41.2 Å². The Bertz CT molecular complexity index is 1540. The summed E-state index contributed by atoms with van der Waals surface area (Å²) in [4.78, 5) is 32.9. The number of hydrogen-bond donors (Lipinski definition) is 0. The van der Waals surface area contributed by atoms with Crippen LogP contribution >= 0.6 is 11.6 Å². The van der Waals surface area contributed by atoms with Gasteiger partial charge in [0.05, 0.1) is 5.72 Å². The van der Waals surface area contributed by atoms with Gasteiger partial charge >= 0.3 is 12.1 Å². The van der Waals surface area contributed by atoms with Crippen LogP contribution < -0.4 is 27.2 Å². The van der Waals surface area contributed by atoms with E-state index >= 15 is 0 Å². The zero-order valence-corrected chi connectivity index (χ0v) is 21.2. The minimum atomic E-state index is -4.82. The number of halogens is 4. The number of aromatic nitrogens is 4. The molecule has 0 atom stereocenters. The van der Waals surface area contributed by atoms with Crippen LogP contribution in [0.25, 0.3) is 11.2 Å². The highest BCUT2D eigenvalue weighted by Crippen LogP contribution is 2.21. The van der Waals surface area contributed by atoms with E-state index in [2.05, 4.69) is 9.72 Å². The summed E-state index contributed by atoms with van der Waals surface area (Å²) in [5.41, 5.74) is 1.18. The number of rotatable bonds is 8. The van der Waals surface area contributed by atoms with E-state index in [4.69, 9.17) is 11.6 Å². The van der Waals surface area contributed by atoms with Crippen LogP contribution in [0, 0.1) is 0 Å². The van der Waals surface area contributed by atoms with Gasteiger partial charge in [0, 0.05) is 31.7 Å². The van der Waals surface area contributed by atoms with Gasteiger partial charge in [0.2, 0.25) is 7.28 Å². The van der Waals surface area contributed by atoms with E-state index < -0.39 is 17.6 Å². The number of nitrogens with zero attached hydrogens (tertiary/aromatic N) is 5. The molecule has 4 rings (SSSR count). The first-order valence-corrected chi connectivity index (χ1v) is 11.7. The van der Waals surface area contributed by atoms with E-state index in [1.807, 2.05) is 31.1 Å². The number of fused-ring (bicyclic) bond motifs is 1. The predicted octanol–water partition coefficient (Wildman–Crippen LogP) is 1.45. The molecule has 0 saturated carbocycles. The van der Waals surface area contributed by atoms with E-state index in [1.54, 1.807) is 22.8 Å². The molecule has 13 heteroatoms. The maximum Gasteiger partial charge on any atom is 0.573 e. The van der Waals surface area contributed by atoms with Crippen molar-refractivity contribution in [2.45, 2.75) is 19.5 Å². The first kappa shape index (κ1) is 26.6. The van der Waals surface area contributed by atoms with Gasteiger partial charge < -0.3 is 14.2 Å². The molecule has 4 aromatic rings. The Hall–Kier alpha value is -3.51. The highest BCUT2D eigenvalue weighted by Gasteiger charge is 2.31. The molecule has 0 saturated heterocycles. The average molecular weight is 534 g/mol. The third kappa shape index (κ3) is 6.08. The van der Waals surface area contributed by atoms with Crippen LogP contribution in [0.5, 0.6) is 5.75 Å². The summed E-state index contributed by atoms with van der Waals surface area (Å²) in [5.74, 6) is -0.357. The van der Waals surface area contributed by atoms with Gasteiger partial charge in [-0.15, -0.1) is 13.2 Å². The monoisotopic (exact) mass is 533 g/mol. The van der Waals surface area contributed by atoms with Gasteiger partial charge in [-0.3, -0.25) is 13.9 Å². The number of ether oxygens (including phenoxy) is 1. The molecule has 8 nitrogen and oxygen atoms in total. The Morgan fingerprint density at radius 1 is 1.08 bits per heavy atom. The maximum absolute atomic E-state index is 13.3. The summed E-state index contributed by atoms with van der Waals surface area (Å²) >= 11 is 6.03. The van der Waals surface area contributed by atoms with Crippen LogP contribution in [0.15, 0.2) is 58.1 Å². The molecule has 2 aromatic carbocycles. The number of imidazole rings is 1. The summed E-state index contributed by atoms with van der Waals surface area (Å²) in [6.45, 7) is 1.06. The predicted molar refractivity (Wildman–Crippen MR) is 138 cm³/mol. The molecule has 37 heavy (non-hydrogen) atoms. The highest BCUT2D eigenvalue weighted by molar-refractivity contribution is 6.66. The van der Waals surface area contributed by atoms with Gasteiger partial charge in [-0.2, -0.15) is 0 Å². The summed E-state index contributed by atoms with van der Waals surface area (Å²) in [6, 6.07) is 12.6. The fourth-order valence-corrected chi connectivity index (χ4v) is 4.14. The number of benzene rings is 2. The zero-order valence-electron chi connectivity index (χ0n) is 20.4. The molecule has 0 aliphatic heterocycles. The standard InChI is InChI=1S/C24H24BClF3N5O3/c1-31(2)11-12-33-20-19(21(35)32(3)23(33)36)34(14-15-7-9-17(26)10-8-15)22(30-20)25-16-5-4-6-18(13-16)37-24(27,28)29/h4-10,13,25H,11-12,14H2,1-3H3. The van der Waals surface area contributed by atoms with Gasteiger partial charge in [0.15, 0.2) is 11.2 Å². The van der Waals surface area contributed by atoms with Crippen molar-refractivity contribution in [1.29, 1.82) is 0 Å². The lowest BCUT2D eigenvalue weighted by atomic mass is 9.69. The van der Waals surface area contributed by atoms with E-state index in [1.165, 1.54) is 29.8 Å². The molecule has 0 radical (unpaired) electrons. The summed E-state index contributed by atoms with van der Waals surface area (Å²) in [6.07, 6.45) is -4.82. The maximum atomic E-state index is 13.3. The van der Waals surface area contributed by atoms with Crippen molar-refractivity contribution in [2.75, 3.05) is 20.6 Å². The van der Waals surface area contributed by atoms with Gasteiger partial charge in [0.25, 0.3) is 5.56 Å². The van der Waals surface area contributed by atoms with Crippen LogP contribution in [-0.2, 0) is 20.1 Å². The molecule has 0 fully saturated rings. The minimum absolute atomic E-state index is 0.0996. The fourth-order valence-electron chi connectivity index (χ4n) is 4.02. The normalized spacial score (nSPS) is 11.9. The summed E-state index contributed by atoms with van der Waals surface area (Å²) in [5, 5.41) is 0.550. The third-order valence-corrected chi connectivity index (χ3v) is 6.08. The second kappa shape index (κ2) is 10.5. The molecular weight excluding hydrogens is 510 g/mol. The molecule has 194 valence electrons. The lowest BCUT2D eigenvalue weighted by Crippen LogP contribution is -2.40. The van der Waals surface area contributed by atoms with E-state index in [9.17, 15) is 22.8 Å². The Kier molecular flexibility index (Phi) is 7.51. The van der Waals surface area contributed by atoms with Gasteiger partial charge in [-0.1, -0.05) is 41.3 Å². The molecule has 0 aliphatic rings. The van der Waals surface area contributed by atoms with Crippen molar-refractivity contribution < 1.29 is 17.9 Å². The number of hydrogen-bond acceptors (Lipinski definition) is 5. The van der Waals surface area contributed by atoms with Crippen molar-refractivity contribution in [3.8, 4) is 5.75 Å². The Morgan fingerprint density at radius 3 is 2.43 bits per heavy atom. The third-order valence-electron chi connectivity index (χ3n) is 5.83. The molecule has 0 bridgehead atoms. The minimum Gasteiger partial charge on any atom is -0.406 e. The quantitative estimate of drug-likeness (QED) is 0.321. The molecule has 0 unspecified atom stereocenters. The second-order valence-electron chi connectivity index (χ2n) is 8.89. The van der Waals surface area contributed by atoms with E-state index in [0.29, 0.717) is 29.3 Å². The zero-order chi connectivity index (χ0) is 26.9. The highest BCUT2D eigenvalue weighted by atomic mass is 35.5. The second-order valence-corrected chi connectivity index (χ2v) is 9.32. The van der Waals surface area contributed by atoms with Crippen LogP contribution in [0.1, 0.15) is 5.56 Å². The molecule has 0 N–H and O–H groups in total. The number of likely N-dealkylation sites (N-methyl/N-ethyl adjacent to an activating group) is 1. The molecule has 0 amide bonds. The fraction of sp³-hybridized carbons (Fsp3) is 0.292. The van der Waals surface area contributed by atoms with Crippen molar-refractivity contribution in [3.05, 3.63) is 80.0 Å². The lowest BCUT2D eigenvalue weighted by molar-refractivity contribution is -0.274. The van der Waals surface area contributed by atoms with Crippen LogP contribution in [0.3, 0.4) is 0 Å². The molecule has 0 spiro atoms. The average Bonchev–Trinajstić information content (AvgIpc) is 3.15. The molecule has 2 aromatic heterocycles. The molecule has 2 heterocycles. The Labute approximate surface area is 215 Å². The SMILES string of the molecule is CN(C)CCn1c(=O)n(C)c(=O)c2c1nc(Bc1cccc(OC(F)(F)F)c1)n2Cc1ccc(Cl)cc1. The van der Waals surface area contributed by atoms with E-state index in [-0.39, 0.29) is 30.7 Å². The Morgan fingerprint density at radius 2 is 1.78 bits per heavy atom. The molecule has 0 aliphatic carbocycles.